The van der Waals surface area contributed by atoms with Crippen LogP contribution in [0.4, 0.5) is 4.39 Å². The van der Waals surface area contributed by atoms with Crippen LogP contribution in [0.3, 0.4) is 0 Å². The summed E-state index contributed by atoms with van der Waals surface area (Å²) in [5, 5.41) is 0. The smallest absolute Gasteiger partial charge is 0.267 e. The van der Waals surface area contributed by atoms with Gasteiger partial charge in [0, 0.05) is 0 Å². The Bertz CT molecular complexity index is 233. The molecule has 1 rings (SSSR count). The molecule has 0 saturated carbocycles. The number of rotatable bonds is 0. The highest BCUT2D eigenvalue weighted by molar-refractivity contribution is 7.91. The molecule has 0 radical (unpaired) electrons. The third kappa shape index (κ3) is 1.02. The molecule has 0 aromatic rings. The van der Waals surface area contributed by atoms with Crippen molar-refractivity contribution >= 4 is 15.9 Å². The van der Waals surface area contributed by atoms with Crippen molar-refractivity contribution in [1.29, 1.82) is 0 Å². The van der Waals surface area contributed by atoms with E-state index in [2.05, 4.69) is 0 Å². The maximum Gasteiger partial charge on any atom is 0.267 e. The number of carbonyl (C=O) groups is 1. The molecule has 0 aliphatic carbocycles. The summed E-state index contributed by atoms with van der Waals surface area (Å²) < 4.78 is 34.1. The number of hydrogen-bond acceptors (Lipinski definition) is 3. The zero-order valence-electron chi connectivity index (χ0n) is 4.30. The lowest BCUT2D eigenvalue weighted by Gasteiger charge is -1.91. The highest BCUT2D eigenvalue weighted by Gasteiger charge is 2.36. The predicted octanol–water partition coefficient (Wildman–Crippen LogP) is -0.868. The molecule has 0 aromatic carbocycles. The van der Waals surface area contributed by atoms with Crippen LogP contribution in [0.5, 0.6) is 0 Å². The van der Waals surface area contributed by atoms with Gasteiger partial charge in [-0.3, -0.25) is 9.52 Å². The monoisotopic (exact) mass is 153 g/mol. The first-order valence-electron chi connectivity index (χ1n) is 2.21. The fourth-order valence-corrected chi connectivity index (χ4v) is 1.42. The van der Waals surface area contributed by atoms with E-state index in [0.717, 1.165) is 0 Å². The van der Waals surface area contributed by atoms with Crippen molar-refractivity contribution in [2.45, 2.75) is 11.9 Å². The van der Waals surface area contributed by atoms with Gasteiger partial charge < -0.3 is 0 Å². The number of hydrogen-bond donors (Lipinski definition) is 1. The van der Waals surface area contributed by atoms with Crippen molar-refractivity contribution in [2.24, 2.45) is 0 Å². The van der Waals surface area contributed by atoms with Gasteiger partial charge in [-0.15, -0.1) is 0 Å². The molecule has 1 N–H and O–H groups in total. The molecule has 1 fully saturated rings. The molecule has 0 aromatic heterocycles. The summed E-state index contributed by atoms with van der Waals surface area (Å²) in [5.41, 5.74) is -2.05. The standard InChI is InChI=1S/C3H4FNO3S/c4-2-1-3(6)5-9(2,7)8/h2H,1H2,(H,5,6). The van der Waals surface area contributed by atoms with Gasteiger partial charge in [-0.2, -0.15) is 0 Å². The van der Waals surface area contributed by atoms with Crippen LogP contribution in [0.1, 0.15) is 6.42 Å². The van der Waals surface area contributed by atoms with Crippen LogP contribution in [0.2, 0.25) is 0 Å². The Balaban J connectivity index is 2.95. The third-order valence-electron chi connectivity index (χ3n) is 0.939. The van der Waals surface area contributed by atoms with E-state index in [-0.39, 0.29) is 0 Å². The van der Waals surface area contributed by atoms with E-state index in [1.807, 2.05) is 0 Å². The minimum Gasteiger partial charge on any atom is -0.274 e. The SMILES string of the molecule is O=C1CC(F)S(=O)(=O)N1. The van der Waals surface area contributed by atoms with Crippen LogP contribution >= 0.6 is 0 Å². The van der Waals surface area contributed by atoms with Crippen LogP contribution in [-0.2, 0) is 14.8 Å². The Morgan fingerprint density at radius 2 is 2.22 bits per heavy atom. The third-order valence-corrected chi connectivity index (χ3v) is 2.29. The molecule has 52 valence electrons. The molecule has 0 bridgehead atoms. The van der Waals surface area contributed by atoms with Gasteiger partial charge in [0.1, 0.15) is 0 Å². The molecule has 6 heteroatoms. The molecular weight excluding hydrogens is 149 g/mol. The first-order chi connectivity index (χ1) is 4.02. The van der Waals surface area contributed by atoms with Gasteiger partial charge >= 0.3 is 0 Å². The highest BCUT2D eigenvalue weighted by Crippen LogP contribution is 2.12. The lowest BCUT2D eigenvalue weighted by molar-refractivity contribution is -0.118. The van der Waals surface area contributed by atoms with E-state index < -0.39 is 27.9 Å². The average Bonchev–Trinajstić information content (AvgIpc) is 1.79. The Kier molecular flexibility index (Phi) is 1.20. The van der Waals surface area contributed by atoms with Crippen molar-refractivity contribution in [3.8, 4) is 0 Å². The number of halogens is 1. The Morgan fingerprint density at radius 1 is 1.67 bits per heavy atom. The molecule has 1 atom stereocenters. The van der Waals surface area contributed by atoms with Crippen molar-refractivity contribution in [2.75, 3.05) is 0 Å². The highest BCUT2D eigenvalue weighted by atomic mass is 32.2. The fourth-order valence-electron chi connectivity index (χ4n) is 0.520. The van der Waals surface area contributed by atoms with E-state index in [9.17, 15) is 17.6 Å². The molecule has 1 aliphatic rings. The Hall–Kier alpha value is -0.650. The van der Waals surface area contributed by atoms with Crippen LogP contribution < -0.4 is 4.72 Å². The van der Waals surface area contributed by atoms with Crippen LogP contribution in [-0.4, -0.2) is 19.8 Å². The average molecular weight is 153 g/mol. The van der Waals surface area contributed by atoms with E-state index in [1.54, 1.807) is 0 Å². The maximum atomic E-state index is 12.1. The second-order valence-electron chi connectivity index (χ2n) is 1.68. The zero-order chi connectivity index (χ0) is 7.07. The van der Waals surface area contributed by atoms with Crippen molar-refractivity contribution < 1.29 is 17.6 Å². The zero-order valence-corrected chi connectivity index (χ0v) is 5.11. The Morgan fingerprint density at radius 3 is 2.33 bits per heavy atom. The normalized spacial score (nSPS) is 32.1. The fraction of sp³-hybridized carbons (Fsp3) is 0.667. The number of alkyl halides is 1. The molecule has 9 heavy (non-hydrogen) atoms. The summed E-state index contributed by atoms with van der Waals surface area (Å²) in [5.74, 6) is -0.775. The van der Waals surface area contributed by atoms with Crippen LogP contribution in [0, 0.1) is 0 Å². The van der Waals surface area contributed by atoms with Crippen molar-refractivity contribution in [3.63, 3.8) is 0 Å². The van der Waals surface area contributed by atoms with E-state index >= 15 is 0 Å². The predicted molar refractivity (Wildman–Crippen MR) is 26.6 cm³/mol. The van der Waals surface area contributed by atoms with Gasteiger partial charge in [-0.05, 0) is 0 Å². The van der Waals surface area contributed by atoms with Gasteiger partial charge in [0.25, 0.3) is 10.0 Å². The lowest BCUT2D eigenvalue weighted by Crippen LogP contribution is -2.22. The minimum absolute atomic E-state index is 0.567. The van der Waals surface area contributed by atoms with E-state index in [4.69, 9.17) is 0 Å². The molecule has 1 heterocycles. The quantitative estimate of drug-likeness (QED) is 0.492. The van der Waals surface area contributed by atoms with Gasteiger partial charge in [0.2, 0.25) is 11.4 Å². The largest absolute Gasteiger partial charge is 0.274 e. The van der Waals surface area contributed by atoms with Crippen molar-refractivity contribution in [3.05, 3.63) is 0 Å². The first kappa shape index (κ1) is 6.47. The Labute approximate surface area is 51.1 Å². The molecule has 1 aliphatic heterocycles. The van der Waals surface area contributed by atoms with Crippen molar-refractivity contribution in [1.82, 2.24) is 4.72 Å². The number of amides is 1. The summed E-state index contributed by atoms with van der Waals surface area (Å²) in [6.07, 6.45) is -0.567. The summed E-state index contributed by atoms with van der Waals surface area (Å²) in [7, 11) is -3.94. The summed E-state index contributed by atoms with van der Waals surface area (Å²) in [6.45, 7) is 0. The summed E-state index contributed by atoms with van der Waals surface area (Å²) in [6, 6.07) is 0. The van der Waals surface area contributed by atoms with Gasteiger partial charge in [-0.1, -0.05) is 0 Å². The van der Waals surface area contributed by atoms with Crippen LogP contribution in [0.15, 0.2) is 0 Å². The number of nitrogens with one attached hydrogen (secondary N) is 1. The van der Waals surface area contributed by atoms with Gasteiger partial charge in [-0.25, -0.2) is 12.8 Å². The van der Waals surface area contributed by atoms with Gasteiger partial charge in [0.15, 0.2) is 0 Å². The number of carbonyl (C=O) groups excluding carboxylic acids is 1. The molecule has 1 saturated heterocycles. The maximum absolute atomic E-state index is 12.1. The van der Waals surface area contributed by atoms with Crippen LogP contribution in [0.25, 0.3) is 0 Å². The summed E-state index contributed by atoms with van der Waals surface area (Å²) >= 11 is 0. The minimum atomic E-state index is -3.94. The summed E-state index contributed by atoms with van der Waals surface area (Å²) in [4.78, 5) is 10.1. The molecule has 4 nitrogen and oxygen atoms in total. The molecule has 0 spiro atoms. The van der Waals surface area contributed by atoms with Gasteiger partial charge in [0.05, 0.1) is 6.42 Å². The van der Waals surface area contributed by atoms with E-state index in [1.165, 1.54) is 4.72 Å². The first-order valence-corrected chi connectivity index (χ1v) is 3.75. The lowest BCUT2D eigenvalue weighted by atomic mass is 10.5. The molecular formula is C3H4FNO3S. The second kappa shape index (κ2) is 1.66. The topological polar surface area (TPSA) is 63.2 Å². The molecule has 1 unspecified atom stereocenters. The number of sulfonamides is 1. The van der Waals surface area contributed by atoms with E-state index in [0.29, 0.717) is 0 Å². The molecule has 1 amide bonds. The second-order valence-corrected chi connectivity index (χ2v) is 3.49.